The van der Waals surface area contributed by atoms with E-state index in [1.165, 1.54) is 10.5 Å². The molecule has 0 aromatic carbocycles. The first-order valence-electron chi connectivity index (χ1n) is 11.5. The maximum absolute atomic E-state index is 12.6. The number of urea groups is 1. The van der Waals surface area contributed by atoms with E-state index >= 15 is 0 Å². The third-order valence-electron chi connectivity index (χ3n) is 5.42. The van der Waals surface area contributed by atoms with Gasteiger partial charge in [-0.2, -0.15) is 4.31 Å². The van der Waals surface area contributed by atoms with Crippen molar-refractivity contribution in [3.8, 4) is 0 Å². The lowest BCUT2D eigenvalue weighted by molar-refractivity contribution is 0.0899. The van der Waals surface area contributed by atoms with Crippen LogP contribution in [0.4, 0.5) is 10.6 Å². The SMILES string of the molecule is CC(C)CS(=O)(=O)N1CCC(NC(=O)Nc2cnc3c(ccn3COCC[Si](C)(C)C)n2)C1I. The van der Waals surface area contributed by atoms with Crippen molar-refractivity contribution in [2.24, 2.45) is 5.92 Å². The predicted molar refractivity (Wildman–Crippen MR) is 145 cm³/mol. The summed E-state index contributed by atoms with van der Waals surface area (Å²) < 4.78 is 34.0. The number of amides is 2. The third-order valence-corrected chi connectivity index (χ3v) is 11.3. The number of carbonyl (C=O) groups is 1. The van der Waals surface area contributed by atoms with Gasteiger partial charge in [-0.05, 0) is 24.4 Å². The van der Waals surface area contributed by atoms with Crippen LogP contribution in [0.2, 0.25) is 25.7 Å². The molecule has 1 aliphatic heterocycles. The molecule has 0 radical (unpaired) electrons. The van der Waals surface area contributed by atoms with Crippen LogP contribution in [-0.4, -0.2) is 70.4 Å². The monoisotopic (exact) mass is 622 g/mol. The van der Waals surface area contributed by atoms with Crippen LogP contribution in [-0.2, 0) is 21.5 Å². The lowest BCUT2D eigenvalue weighted by Gasteiger charge is -2.24. The molecule has 1 saturated heterocycles. The molecule has 2 aromatic heterocycles. The van der Waals surface area contributed by atoms with Crippen molar-refractivity contribution in [1.82, 2.24) is 24.2 Å². The number of sulfonamides is 1. The van der Waals surface area contributed by atoms with Gasteiger partial charge >= 0.3 is 6.03 Å². The van der Waals surface area contributed by atoms with E-state index in [-0.39, 0.29) is 21.8 Å². The molecule has 0 saturated carbocycles. The number of hydrogen-bond donors (Lipinski definition) is 2. The Morgan fingerprint density at radius 3 is 2.76 bits per heavy atom. The average Bonchev–Trinajstić information content (AvgIpc) is 3.27. The van der Waals surface area contributed by atoms with E-state index in [9.17, 15) is 13.2 Å². The van der Waals surface area contributed by atoms with E-state index < -0.39 is 24.1 Å². The number of fused-ring (bicyclic) bond motifs is 1. The van der Waals surface area contributed by atoms with Crippen molar-refractivity contribution in [3.05, 3.63) is 18.5 Å². The topological polar surface area (TPSA) is 118 Å². The number of nitrogens with zero attached hydrogens (tertiary/aromatic N) is 4. The van der Waals surface area contributed by atoms with Gasteiger partial charge in [0.1, 0.15) is 12.2 Å². The summed E-state index contributed by atoms with van der Waals surface area (Å²) >= 11 is 2.09. The zero-order chi connectivity index (χ0) is 25.1. The molecule has 0 spiro atoms. The van der Waals surface area contributed by atoms with Gasteiger partial charge in [-0.3, -0.25) is 5.32 Å². The van der Waals surface area contributed by atoms with Gasteiger partial charge in [-0.25, -0.2) is 23.2 Å². The number of ether oxygens (including phenoxy) is 1. The zero-order valence-corrected chi connectivity index (χ0v) is 24.4. The smallest absolute Gasteiger partial charge is 0.320 e. The summed E-state index contributed by atoms with van der Waals surface area (Å²) in [5, 5.41) is 5.59. The van der Waals surface area contributed by atoms with Crippen LogP contribution in [0.5, 0.6) is 0 Å². The minimum Gasteiger partial charge on any atom is -0.361 e. The maximum atomic E-state index is 12.6. The van der Waals surface area contributed by atoms with E-state index in [2.05, 4.69) is 62.8 Å². The van der Waals surface area contributed by atoms with Gasteiger partial charge in [0.2, 0.25) is 10.0 Å². The average molecular weight is 623 g/mol. The number of nitrogens with one attached hydrogen (secondary N) is 2. The van der Waals surface area contributed by atoms with Crippen molar-refractivity contribution in [2.45, 2.75) is 62.8 Å². The Balaban J connectivity index is 1.55. The molecule has 2 unspecified atom stereocenters. The summed E-state index contributed by atoms with van der Waals surface area (Å²) in [6.07, 6.45) is 3.94. The second kappa shape index (κ2) is 11.2. The Morgan fingerprint density at radius 2 is 2.09 bits per heavy atom. The highest BCUT2D eigenvalue weighted by molar-refractivity contribution is 14.1. The Labute approximate surface area is 216 Å². The van der Waals surface area contributed by atoms with Gasteiger partial charge in [-0.1, -0.05) is 56.1 Å². The Morgan fingerprint density at radius 1 is 1.35 bits per heavy atom. The summed E-state index contributed by atoms with van der Waals surface area (Å²) in [7, 11) is -4.49. The van der Waals surface area contributed by atoms with Crippen molar-refractivity contribution >= 4 is 63.7 Å². The molecular weight excluding hydrogens is 587 g/mol. The van der Waals surface area contributed by atoms with Crippen LogP contribution in [0.1, 0.15) is 20.3 Å². The van der Waals surface area contributed by atoms with Crippen molar-refractivity contribution in [1.29, 1.82) is 0 Å². The van der Waals surface area contributed by atoms with E-state index in [0.717, 1.165) is 12.7 Å². The first-order chi connectivity index (χ1) is 15.9. The van der Waals surface area contributed by atoms with Crippen LogP contribution in [0.3, 0.4) is 0 Å². The number of alkyl halides is 1. The highest BCUT2D eigenvalue weighted by Crippen LogP contribution is 2.27. The highest BCUT2D eigenvalue weighted by atomic mass is 127. The van der Waals surface area contributed by atoms with Crippen LogP contribution < -0.4 is 10.6 Å². The lowest BCUT2D eigenvalue weighted by Crippen LogP contribution is -2.45. The maximum Gasteiger partial charge on any atom is 0.320 e. The first kappa shape index (κ1) is 27.3. The Kier molecular flexibility index (Phi) is 8.98. The molecule has 3 rings (SSSR count). The highest BCUT2D eigenvalue weighted by Gasteiger charge is 2.40. The van der Waals surface area contributed by atoms with Crippen LogP contribution >= 0.6 is 22.6 Å². The minimum absolute atomic E-state index is 0.0454. The number of halogens is 1. The lowest BCUT2D eigenvalue weighted by atomic mass is 10.3. The van der Waals surface area contributed by atoms with Crippen LogP contribution in [0.25, 0.3) is 11.2 Å². The molecule has 2 amide bonds. The Hall–Kier alpha value is -1.29. The normalized spacial score (nSPS) is 19.7. The van der Waals surface area contributed by atoms with Crippen molar-refractivity contribution in [2.75, 3.05) is 24.2 Å². The summed E-state index contributed by atoms with van der Waals surface area (Å²) in [6.45, 7) is 12.2. The Bertz CT molecular complexity index is 1100. The van der Waals surface area contributed by atoms with Gasteiger partial charge in [0.15, 0.2) is 11.5 Å². The minimum atomic E-state index is -3.35. The fraction of sp³-hybridized carbons (Fsp3) is 0.667. The standard InChI is InChI=1S/C21H35IN6O4SSi/c1-15(2)13-33(30,31)28-9-7-16(19(28)22)25-21(29)26-18-12-23-20-17(24-18)6-8-27(20)14-32-10-11-34(3,4)5/h6,8,12,15-16,19H,7,9-11,13-14H2,1-5H3,(H2,24,25,26,29). The molecule has 0 aliphatic carbocycles. The molecule has 3 heterocycles. The molecule has 10 nitrogen and oxygen atoms in total. The third kappa shape index (κ3) is 7.35. The molecular formula is C21H35IN6O4SSi. The van der Waals surface area contributed by atoms with Gasteiger partial charge < -0.3 is 14.6 Å². The number of carbonyl (C=O) groups excluding carboxylic acids is 1. The van der Waals surface area contributed by atoms with Gasteiger partial charge in [0, 0.05) is 27.4 Å². The second-order valence-electron chi connectivity index (χ2n) is 10.2. The zero-order valence-electron chi connectivity index (χ0n) is 20.4. The quantitative estimate of drug-likeness (QED) is 0.137. The van der Waals surface area contributed by atoms with Crippen LogP contribution in [0, 0.1) is 5.92 Å². The van der Waals surface area contributed by atoms with Gasteiger partial charge in [0.05, 0.1) is 22.0 Å². The predicted octanol–water partition coefficient (Wildman–Crippen LogP) is 3.69. The number of anilines is 1. The molecule has 1 aliphatic rings. The number of aromatic nitrogens is 3. The summed E-state index contributed by atoms with van der Waals surface area (Å²) in [5.74, 6) is 0.475. The summed E-state index contributed by atoms with van der Waals surface area (Å²) in [6, 6.07) is 2.22. The summed E-state index contributed by atoms with van der Waals surface area (Å²) in [4.78, 5) is 21.5. The van der Waals surface area contributed by atoms with Crippen molar-refractivity contribution < 1.29 is 17.9 Å². The number of rotatable bonds is 10. The van der Waals surface area contributed by atoms with E-state index in [1.54, 1.807) is 0 Å². The van der Waals surface area contributed by atoms with Crippen LogP contribution in [0.15, 0.2) is 18.5 Å². The molecule has 1 fully saturated rings. The summed E-state index contributed by atoms with van der Waals surface area (Å²) in [5.41, 5.74) is 1.35. The number of hydrogen-bond acceptors (Lipinski definition) is 6. The van der Waals surface area contributed by atoms with Gasteiger partial charge in [0.25, 0.3) is 0 Å². The van der Waals surface area contributed by atoms with E-state index in [4.69, 9.17) is 4.74 Å². The van der Waals surface area contributed by atoms with E-state index in [0.29, 0.717) is 36.7 Å². The van der Waals surface area contributed by atoms with E-state index in [1.807, 2.05) is 30.7 Å². The molecule has 34 heavy (non-hydrogen) atoms. The fourth-order valence-corrected chi connectivity index (χ4v) is 8.15. The van der Waals surface area contributed by atoms with Gasteiger partial charge in [-0.15, -0.1) is 0 Å². The molecule has 13 heteroatoms. The molecule has 2 N–H and O–H groups in total. The molecule has 190 valence electrons. The molecule has 0 bridgehead atoms. The first-order valence-corrected chi connectivity index (χ1v) is 18.0. The second-order valence-corrected chi connectivity index (χ2v) is 19.1. The van der Waals surface area contributed by atoms with Crippen molar-refractivity contribution in [3.63, 3.8) is 0 Å². The largest absolute Gasteiger partial charge is 0.361 e. The molecule has 2 atom stereocenters. The molecule has 2 aromatic rings. The fourth-order valence-electron chi connectivity index (χ4n) is 3.67.